The Labute approximate surface area is 190 Å². The van der Waals surface area contributed by atoms with E-state index in [1.165, 1.54) is 25.3 Å². The summed E-state index contributed by atoms with van der Waals surface area (Å²) in [5, 5.41) is 12.7. The van der Waals surface area contributed by atoms with Crippen molar-refractivity contribution in [3.63, 3.8) is 0 Å². The highest BCUT2D eigenvalue weighted by molar-refractivity contribution is 6.31. The van der Waals surface area contributed by atoms with Crippen LogP contribution in [0.25, 0.3) is 6.08 Å². The van der Waals surface area contributed by atoms with E-state index in [4.69, 9.17) is 21.1 Å². The normalized spacial score (nSPS) is 10.9. The molecule has 1 N–H and O–H groups in total. The van der Waals surface area contributed by atoms with E-state index in [1.54, 1.807) is 48.5 Å². The maximum Gasteiger partial charge on any atom is 0.266 e. The SMILES string of the molecule is COc1cc(/C=C(\C#N)C(=O)Nc2cc(Cl)ccc2C)ccc1OCc1cccc(F)c1. The number of amides is 1. The molecule has 7 heteroatoms. The quantitative estimate of drug-likeness (QED) is 0.358. The summed E-state index contributed by atoms with van der Waals surface area (Å²) in [6.07, 6.45) is 1.45. The number of rotatable bonds is 7. The Balaban J connectivity index is 1.77. The van der Waals surface area contributed by atoms with Gasteiger partial charge in [0.15, 0.2) is 11.5 Å². The van der Waals surface area contributed by atoms with Gasteiger partial charge >= 0.3 is 0 Å². The number of carbonyl (C=O) groups excluding carboxylic acids is 1. The second-order valence-corrected chi connectivity index (χ2v) is 7.35. The van der Waals surface area contributed by atoms with Crippen LogP contribution in [-0.2, 0) is 11.4 Å². The fourth-order valence-electron chi connectivity index (χ4n) is 2.91. The van der Waals surface area contributed by atoms with E-state index in [1.807, 2.05) is 13.0 Å². The smallest absolute Gasteiger partial charge is 0.266 e. The van der Waals surface area contributed by atoms with Gasteiger partial charge in [-0.25, -0.2) is 4.39 Å². The highest BCUT2D eigenvalue weighted by Gasteiger charge is 2.13. The van der Waals surface area contributed by atoms with Crippen molar-refractivity contribution in [2.45, 2.75) is 13.5 Å². The molecule has 0 saturated heterocycles. The molecular weight excluding hydrogens is 431 g/mol. The molecule has 5 nitrogen and oxygen atoms in total. The molecule has 3 aromatic carbocycles. The standard InChI is InChI=1S/C25H20ClFN2O3/c1-16-6-8-20(26)13-22(16)29-25(30)19(14-28)10-17-7-9-23(24(12-17)31-2)32-15-18-4-3-5-21(27)11-18/h3-13H,15H2,1-2H3,(H,29,30)/b19-10+. The number of benzene rings is 3. The van der Waals surface area contributed by atoms with Crippen LogP contribution >= 0.6 is 11.6 Å². The Hall–Kier alpha value is -3.82. The van der Waals surface area contributed by atoms with Gasteiger partial charge in [0.25, 0.3) is 5.91 Å². The third-order valence-electron chi connectivity index (χ3n) is 4.59. The average Bonchev–Trinajstić information content (AvgIpc) is 2.78. The number of nitrogens with zero attached hydrogens (tertiary/aromatic N) is 1. The number of nitrogens with one attached hydrogen (secondary N) is 1. The molecule has 0 radical (unpaired) electrons. The minimum Gasteiger partial charge on any atom is -0.493 e. The molecule has 0 aliphatic carbocycles. The summed E-state index contributed by atoms with van der Waals surface area (Å²) in [7, 11) is 1.48. The van der Waals surface area contributed by atoms with Crippen molar-refractivity contribution in [1.29, 1.82) is 5.26 Å². The van der Waals surface area contributed by atoms with Crippen molar-refractivity contribution in [2.24, 2.45) is 0 Å². The first-order valence-corrected chi connectivity index (χ1v) is 10.0. The molecule has 0 spiro atoms. The summed E-state index contributed by atoms with van der Waals surface area (Å²) in [4.78, 5) is 12.6. The van der Waals surface area contributed by atoms with E-state index in [2.05, 4.69) is 5.32 Å². The molecule has 0 saturated carbocycles. The molecular formula is C25H20ClFN2O3. The zero-order chi connectivity index (χ0) is 23.1. The van der Waals surface area contributed by atoms with Gasteiger partial charge in [0.1, 0.15) is 24.1 Å². The summed E-state index contributed by atoms with van der Waals surface area (Å²) in [6.45, 7) is 1.99. The summed E-state index contributed by atoms with van der Waals surface area (Å²) in [6, 6.07) is 18.2. The maximum absolute atomic E-state index is 13.3. The first-order chi connectivity index (χ1) is 15.4. The van der Waals surface area contributed by atoms with Crippen LogP contribution in [-0.4, -0.2) is 13.0 Å². The van der Waals surface area contributed by atoms with Crippen LogP contribution in [0.1, 0.15) is 16.7 Å². The largest absolute Gasteiger partial charge is 0.493 e. The van der Waals surface area contributed by atoms with Crippen LogP contribution in [0.3, 0.4) is 0 Å². The van der Waals surface area contributed by atoms with Crippen molar-refractivity contribution in [3.05, 3.63) is 93.8 Å². The van der Waals surface area contributed by atoms with Gasteiger partial charge in [-0.3, -0.25) is 4.79 Å². The number of halogens is 2. The van der Waals surface area contributed by atoms with Gasteiger partial charge in [-0.15, -0.1) is 0 Å². The van der Waals surface area contributed by atoms with Gasteiger partial charge in [-0.05, 0) is 66.1 Å². The van der Waals surface area contributed by atoms with Gasteiger partial charge in [0, 0.05) is 10.7 Å². The molecule has 162 valence electrons. The molecule has 0 aliphatic heterocycles. The van der Waals surface area contributed by atoms with Gasteiger partial charge in [-0.1, -0.05) is 35.9 Å². The fraction of sp³-hybridized carbons (Fsp3) is 0.120. The second kappa shape index (κ2) is 10.5. The molecule has 0 aromatic heterocycles. The number of hydrogen-bond acceptors (Lipinski definition) is 4. The Bertz CT molecular complexity index is 1220. The van der Waals surface area contributed by atoms with Gasteiger partial charge in [-0.2, -0.15) is 5.26 Å². The van der Waals surface area contributed by atoms with Crippen molar-refractivity contribution < 1.29 is 18.7 Å². The van der Waals surface area contributed by atoms with Crippen LogP contribution in [0, 0.1) is 24.1 Å². The van der Waals surface area contributed by atoms with Crippen molar-refractivity contribution in [2.75, 3.05) is 12.4 Å². The molecule has 1 amide bonds. The Morgan fingerprint density at radius 3 is 2.69 bits per heavy atom. The zero-order valence-electron chi connectivity index (χ0n) is 17.5. The van der Waals surface area contributed by atoms with E-state index < -0.39 is 5.91 Å². The molecule has 32 heavy (non-hydrogen) atoms. The summed E-state index contributed by atoms with van der Waals surface area (Å²) in [5.74, 6) is -0.0259. The first kappa shape index (κ1) is 22.9. The van der Waals surface area contributed by atoms with Crippen molar-refractivity contribution >= 4 is 29.3 Å². The number of methoxy groups -OCH3 is 1. The van der Waals surface area contributed by atoms with Gasteiger partial charge in [0.2, 0.25) is 0 Å². The molecule has 0 atom stereocenters. The Morgan fingerprint density at radius 1 is 1.16 bits per heavy atom. The average molecular weight is 451 g/mol. The highest BCUT2D eigenvalue weighted by atomic mass is 35.5. The first-order valence-electron chi connectivity index (χ1n) is 9.64. The highest BCUT2D eigenvalue weighted by Crippen LogP contribution is 2.30. The zero-order valence-corrected chi connectivity index (χ0v) is 18.2. The Morgan fingerprint density at radius 2 is 1.97 bits per heavy atom. The van der Waals surface area contributed by atoms with Crippen molar-refractivity contribution in [3.8, 4) is 17.6 Å². The summed E-state index contributed by atoms with van der Waals surface area (Å²) < 4.78 is 24.4. The summed E-state index contributed by atoms with van der Waals surface area (Å²) in [5.41, 5.74) is 2.52. The number of carbonyl (C=O) groups is 1. The molecule has 0 unspecified atom stereocenters. The Kier molecular flexibility index (Phi) is 7.48. The number of hydrogen-bond donors (Lipinski definition) is 1. The number of aryl methyl sites for hydroxylation is 1. The predicted molar refractivity (Wildman–Crippen MR) is 122 cm³/mol. The lowest BCUT2D eigenvalue weighted by molar-refractivity contribution is -0.112. The minimum absolute atomic E-state index is 0.0835. The third kappa shape index (κ3) is 5.87. The third-order valence-corrected chi connectivity index (χ3v) is 4.83. The maximum atomic E-state index is 13.3. The number of ether oxygens (including phenoxy) is 2. The second-order valence-electron chi connectivity index (χ2n) is 6.91. The lowest BCUT2D eigenvalue weighted by Gasteiger charge is -2.12. The van der Waals surface area contributed by atoms with E-state index in [-0.39, 0.29) is 18.0 Å². The number of anilines is 1. The molecule has 3 rings (SSSR count). The van der Waals surface area contributed by atoms with Crippen LogP contribution in [0.15, 0.2) is 66.2 Å². The molecule has 0 fully saturated rings. The molecule has 0 heterocycles. The lowest BCUT2D eigenvalue weighted by atomic mass is 10.1. The monoisotopic (exact) mass is 450 g/mol. The van der Waals surface area contributed by atoms with E-state index in [0.29, 0.717) is 33.3 Å². The molecule has 3 aromatic rings. The van der Waals surface area contributed by atoms with Crippen LogP contribution in [0.5, 0.6) is 11.5 Å². The molecule has 0 aliphatic rings. The molecule has 0 bridgehead atoms. The lowest BCUT2D eigenvalue weighted by Crippen LogP contribution is -2.14. The van der Waals surface area contributed by atoms with Crippen LogP contribution in [0.2, 0.25) is 5.02 Å². The van der Waals surface area contributed by atoms with Crippen molar-refractivity contribution in [1.82, 2.24) is 0 Å². The predicted octanol–water partition coefficient (Wildman–Crippen LogP) is 5.92. The van der Waals surface area contributed by atoms with Crippen LogP contribution in [0.4, 0.5) is 10.1 Å². The number of nitriles is 1. The van der Waals surface area contributed by atoms with E-state index >= 15 is 0 Å². The topological polar surface area (TPSA) is 71.3 Å². The fourth-order valence-corrected chi connectivity index (χ4v) is 3.09. The van der Waals surface area contributed by atoms with Crippen LogP contribution < -0.4 is 14.8 Å². The summed E-state index contributed by atoms with van der Waals surface area (Å²) >= 11 is 5.99. The van der Waals surface area contributed by atoms with E-state index in [0.717, 1.165) is 5.56 Å². The van der Waals surface area contributed by atoms with E-state index in [9.17, 15) is 14.4 Å². The van der Waals surface area contributed by atoms with Gasteiger partial charge < -0.3 is 14.8 Å². The minimum atomic E-state index is -0.553. The van der Waals surface area contributed by atoms with Gasteiger partial charge in [0.05, 0.1) is 7.11 Å².